The number of hydrogen-bond donors (Lipinski definition) is 1. The van der Waals surface area contributed by atoms with Crippen molar-refractivity contribution in [1.29, 1.82) is 0 Å². The van der Waals surface area contributed by atoms with Crippen LogP contribution in [0.25, 0.3) is 0 Å². The van der Waals surface area contributed by atoms with Crippen molar-refractivity contribution in [3.8, 4) is 0 Å². The molecule has 1 aromatic rings. The fourth-order valence-corrected chi connectivity index (χ4v) is 5.48. The lowest BCUT2D eigenvalue weighted by molar-refractivity contribution is -0.130. The Hall–Kier alpha value is -1.52. The lowest BCUT2D eigenvalue weighted by atomic mass is 10.2. The second kappa shape index (κ2) is 5.04. The van der Waals surface area contributed by atoms with Gasteiger partial charge in [0.05, 0.1) is 5.51 Å². The maximum atomic E-state index is 12.6. The highest BCUT2D eigenvalue weighted by molar-refractivity contribution is 7.91. The molecule has 1 aromatic heterocycles. The third kappa shape index (κ3) is 2.32. The molecule has 1 N–H and O–H groups in total. The van der Waals surface area contributed by atoms with E-state index in [1.165, 1.54) is 9.82 Å². The number of aromatic carboxylic acids is 1. The summed E-state index contributed by atoms with van der Waals surface area (Å²) in [5.74, 6) is -1.30. The predicted octanol–water partition coefficient (Wildman–Crippen LogP) is -0.163. The molecule has 2 fully saturated rings. The summed E-state index contributed by atoms with van der Waals surface area (Å²) < 4.78 is 26.2. The summed E-state index contributed by atoms with van der Waals surface area (Å²) in [6.07, 6.45) is 1.08. The van der Waals surface area contributed by atoms with E-state index in [1.54, 1.807) is 4.90 Å². The highest BCUT2D eigenvalue weighted by Crippen LogP contribution is 2.29. The Morgan fingerprint density at radius 1 is 1.43 bits per heavy atom. The van der Waals surface area contributed by atoms with Gasteiger partial charge in [0.1, 0.15) is 0 Å². The Morgan fingerprint density at radius 2 is 2.19 bits per heavy atom. The molecule has 114 valence electrons. The van der Waals surface area contributed by atoms with Crippen LogP contribution in [0.5, 0.6) is 0 Å². The van der Waals surface area contributed by atoms with E-state index < -0.39 is 21.7 Å². The van der Waals surface area contributed by atoms with Crippen LogP contribution in [0, 0.1) is 0 Å². The fourth-order valence-electron chi connectivity index (χ4n) is 2.73. The quantitative estimate of drug-likeness (QED) is 0.824. The second-order valence-electron chi connectivity index (χ2n) is 4.94. The van der Waals surface area contributed by atoms with E-state index in [4.69, 9.17) is 5.11 Å². The van der Waals surface area contributed by atoms with Gasteiger partial charge in [-0.05, 0) is 6.42 Å². The third-order valence-corrected chi connectivity index (χ3v) is 6.98. The van der Waals surface area contributed by atoms with Gasteiger partial charge in [0.25, 0.3) is 10.0 Å². The first-order valence-electron chi connectivity index (χ1n) is 6.37. The summed E-state index contributed by atoms with van der Waals surface area (Å²) in [4.78, 5) is 28.0. The van der Waals surface area contributed by atoms with Crippen LogP contribution in [0.4, 0.5) is 0 Å². The summed E-state index contributed by atoms with van der Waals surface area (Å²) in [6.45, 7) is 0.747. The standard InChI is InChI=1S/C11H13N3O5S2/c15-8-2-1-7-5-13(3-4-14(7)8)21(18,19)11-9(10(16)17)12-6-20-11/h6-7H,1-5H2,(H,16,17). The van der Waals surface area contributed by atoms with E-state index in [0.717, 1.165) is 11.3 Å². The minimum Gasteiger partial charge on any atom is -0.476 e. The van der Waals surface area contributed by atoms with Crippen LogP contribution in [0.3, 0.4) is 0 Å². The number of thiazole rings is 1. The zero-order valence-corrected chi connectivity index (χ0v) is 12.6. The Morgan fingerprint density at radius 3 is 2.90 bits per heavy atom. The number of carbonyl (C=O) groups is 2. The van der Waals surface area contributed by atoms with Crippen LogP contribution in [0.15, 0.2) is 9.72 Å². The molecule has 10 heteroatoms. The number of nitrogens with zero attached hydrogens (tertiary/aromatic N) is 3. The maximum absolute atomic E-state index is 12.6. The van der Waals surface area contributed by atoms with Crippen LogP contribution in [-0.4, -0.2) is 65.3 Å². The molecule has 3 rings (SSSR count). The van der Waals surface area contributed by atoms with Crippen molar-refractivity contribution in [1.82, 2.24) is 14.2 Å². The first kappa shape index (κ1) is 14.4. The van der Waals surface area contributed by atoms with Crippen LogP contribution in [0.1, 0.15) is 23.3 Å². The van der Waals surface area contributed by atoms with Crippen LogP contribution in [-0.2, 0) is 14.8 Å². The first-order valence-corrected chi connectivity index (χ1v) is 8.69. The molecule has 2 aliphatic rings. The van der Waals surface area contributed by atoms with E-state index in [9.17, 15) is 18.0 Å². The molecular formula is C11H13N3O5S2. The van der Waals surface area contributed by atoms with E-state index in [1.807, 2.05) is 0 Å². The number of amides is 1. The minimum absolute atomic E-state index is 0.0565. The Balaban J connectivity index is 1.88. The summed E-state index contributed by atoms with van der Waals surface area (Å²) in [6, 6.07) is -0.109. The van der Waals surface area contributed by atoms with E-state index in [2.05, 4.69) is 4.98 Å². The number of sulfonamides is 1. The highest BCUT2D eigenvalue weighted by Gasteiger charge is 2.41. The topological polar surface area (TPSA) is 108 Å². The molecule has 21 heavy (non-hydrogen) atoms. The normalized spacial score (nSPS) is 23.3. The maximum Gasteiger partial charge on any atom is 0.356 e. The van der Waals surface area contributed by atoms with E-state index >= 15 is 0 Å². The minimum atomic E-state index is -3.88. The average molecular weight is 331 g/mol. The van der Waals surface area contributed by atoms with Gasteiger partial charge in [0.2, 0.25) is 5.91 Å². The molecule has 0 spiro atoms. The predicted molar refractivity (Wildman–Crippen MR) is 72.6 cm³/mol. The number of hydrogen-bond acceptors (Lipinski definition) is 6. The Kier molecular flexibility index (Phi) is 3.46. The third-order valence-electron chi connectivity index (χ3n) is 3.77. The molecule has 2 saturated heterocycles. The molecule has 1 atom stereocenters. The number of piperazine rings is 1. The average Bonchev–Trinajstić information content (AvgIpc) is 3.06. The van der Waals surface area contributed by atoms with Crippen molar-refractivity contribution < 1.29 is 23.1 Å². The second-order valence-corrected chi connectivity index (χ2v) is 7.92. The van der Waals surface area contributed by atoms with Gasteiger partial charge in [0, 0.05) is 32.1 Å². The van der Waals surface area contributed by atoms with Crippen molar-refractivity contribution in [2.75, 3.05) is 19.6 Å². The fraction of sp³-hybridized carbons (Fsp3) is 0.545. The highest BCUT2D eigenvalue weighted by atomic mass is 32.2. The smallest absolute Gasteiger partial charge is 0.356 e. The molecule has 0 saturated carbocycles. The van der Waals surface area contributed by atoms with Gasteiger partial charge < -0.3 is 10.0 Å². The summed E-state index contributed by atoms with van der Waals surface area (Å²) >= 11 is 0.802. The van der Waals surface area contributed by atoms with Gasteiger partial charge in [-0.1, -0.05) is 0 Å². The number of rotatable bonds is 3. The Labute approximate surface area is 125 Å². The first-order chi connectivity index (χ1) is 9.91. The SMILES string of the molecule is O=C(O)c1ncsc1S(=O)(=O)N1CCN2C(=O)CCC2C1. The van der Waals surface area contributed by atoms with Crippen LogP contribution in [0.2, 0.25) is 0 Å². The molecular weight excluding hydrogens is 318 g/mol. The van der Waals surface area contributed by atoms with Crippen LogP contribution < -0.4 is 0 Å². The van der Waals surface area contributed by atoms with E-state index in [0.29, 0.717) is 19.4 Å². The Bertz CT molecular complexity index is 698. The molecule has 0 aromatic carbocycles. The monoisotopic (exact) mass is 331 g/mol. The zero-order chi connectivity index (χ0) is 15.2. The van der Waals surface area contributed by atoms with Crippen molar-refractivity contribution in [3.05, 3.63) is 11.2 Å². The molecule has 0 radical (unpaired) electrons. The van der Waals surface area contributed by atoms with Crippen molar-refractivity contribution in [2.45, 2.75) is 23.1 Å². The molecule has 0 aliphatic carbocycles. The molecule has 1 unspecified atom stereocenters. The molecule has 1 amide bonds. The van der Waals surface area contributed by atoms with Gasteiger partial charge in [-0.3, -0.25) is 4.79 Å². The van der Waals surface area contributed by atoms with Crippen LogP contribution >= 0.6 is 11.3 Å². The van der Waals surface area contributed by atoms with Gasteiger partial charge in [0.15, 0.2) is 9.90 Å². The lowest BCUT2D eigenvalue weighted by Gasteiger charge is -2.36. The largest absolute Gasteiger partial charge is 0.476 e. The molecule has 8 nitrogen and oxygen atoms in total. The number of aromatic nitrogens is 1. The van der Waals surface area contributed by atoms with Crippen molar-refractivity contribution in [2.24, 2.45) is 0 Å². The van der Waals surface area contributed by atoms with Gasteiger partial charge in [-0.25, -0.2) is 18.2 Å². The summed E-state index contributed by atoms with van der Waals surface area (Å²) in [5.41, 5.74) is 0.774. The summed E-state index contributed by atoms with van der Waals surface area (Å²) in [5, 5.41) is 9.01. The summed E-state index contributed by atoms with van der Waals surface area (Å²) in [7, 11) is -3.88. The lowest BCUT2D eigenvalue weighted by Crippen LogP contribution is -2.53. The number of carbonyl (C=O) groups excluding carboxylic acids is 1. The van der Waals surface area contributed by atoms with Gasteiger partial charge >= 0.3 is 5.97 Å². The zero-order valence-electron chi connectivity index (χ0n) is 10.9. The van der Waals surface area contributed by atoms with Gasteiger partial charge in [-0.2, -0.15) is 4.31 Å². The van der Waals surface area contributed by atoms with E-state index in [-0.39, 0.29) is 29.2 Å². The molecule has 2 aliphatic heterocycles. The molecule has 3 heterocycles. The van der Waals surface area contributed by atoms with Gasteiger partial charge in [-0.15, -0.1) is 11.3 Å². The number of carboxylic acids is 1. The number of carboxylic acid groups (broad SMARTS) is 1. The van der Waals surface area contributed by atoms with Crippen molar-refractivity contribution >= 4 is 33.2 Å². The molecule has 0 bridgehead atoms. The van der Waals surface area contributed by atoms with Crippen molar-refractivity contribution in [3.63, 3.8) is 0 Å². The number of fused-ring (bicyclic) bond motifs is 1.